The highest BCUT2D eigenvalue weighted by Gasteiger charge is 2.32. The fourth-order valence-corrected chi connectivity index (χ4v) is 2.48. The third-order valence-corrected chi connectivity index (χ3v) is 3.51. The summed E-state index contributed by atoms with van der Waals surface area (Å²) in [6, 6.07) is 12.4. The monoisotopic (exact) mass is 266 g/mol. The normalized spacial score (nSPS) is 14.3. The van der Waals surface area contributed by atoms with Crippen molar-refractivity contribution >= 4 is 23.2 Å². The molecule has 0 atom stereocenters. The number of benzene rings is 2. The highest BCUT2D eigenvalue weighted by molar-refractivity contribution is 6.25. The van der Waals surface area contributed by atoms with Crippen LogP contribution >= 0.6 is 0 Å². The summed E-state index contributed by atoms with van der Waals surface area (Å²) in [6.07, 6.45) is 0.218. The van der Waals surface area contributed by atoms with E-state index in [9.17, 15) is 9.59 Å². The summed E-state index contributed by atoms with van der Waals surface area (Å²) < 4.78 is 0. The predicted molar refractivity (Wildman–Crippen MR) is 77.6 cm³/mol. The molecule has 0 radical (unpaired) electrons. The summed E-state index contributed by atoms with van der Waals surface area (Å²) in [4.78, 5) is 26.1. The molecular formula is C16H14N2O2. The number of imide groups is 1. The van der Waals surface area contributed by atoms with E-state index in [1.165, 1.54) is 4.90 Å². The van der Waals surface area contributed by atoms with Crippen LogP contribution in [-0.2, 0) is 11.2 Å². The van der Waals surface area contributed by atoms with E-state index in [2.05, 4.69) is 0 Å². The topological polar surface area (TPSA) is 63.4 Å². The molecule has 2 amide bonds. The highest BCUT2D eigenvalue weighted by Crippen LogP contribution is 2.28. The molecule has 0 bridgehead atoms. The molecule has 0 aromatic heterocycles. The Labute approximate surface area is 116 Å². The van der Waals surface area contributed by atoms with Crippen molar-refractivity contribution in [1.82, 2.24) is 0 Å². The van der Waals surface area contributed by atoms with Gasteiger partial charge >= 0.3 is 0 Å². The van der Waals surface area contributed by atoms with E-state index in [4.69, 9.17) is 5.73 Å². The van der Waals surface area contributed by atoms with Crippen LogP contribution in [0, 0.1) is 6.92 Å². The van der Waals surface area contributed by atoms with Gasteiger partial charge in [0, 0.05) is 11.3 Å². The van der Waals surface area contributed by atoms with Crippen molar-refractivity contribution in [3.05, 3.63) is 59.2 Å². The molecule has 0 saturated heterocycles. The first-order chi connectivity index (χ1) is 9.58. The van der Waals surface area contributed by atoms with E-state index in [-0.39, 0.29) is 18.2 Å². The molecule has 100 valence electrons. The van der Waals surface area contributed by atoms with Gasteiger partial charge in [0.2, 0.25) is 5.91 Å². The van der Waals surface area contributed by atoms with E-state index in [0.29, 0.717) is 16.9 Å². The highest BCUT2D eigenvalue weighted by atomic mass is 16.2. The zero-order valence-electron chi connectivity index (χ0n) is 11.1. The van der Waals surface area contributed by atoms with Gasteiger partial charge in [0.05, 0.1) is 12.1 Å². The van der Waals surface area contributed by atoms with Crippen molar-refractivity contribution in [1.29, 1.82) is 0 Å². The number of nitrogens with two attached hydrogens (primary N) is 1. The Hall–Kier alpha value is -2.62. The van der Waals surface area contributed by atoms with Gasteiger partial charge in [-0.2, -0.15) is 0 Å². The molecule has 1 heterocycles. The molecule has 0 fully saturated rings. The lowest BCUT2D eigenvalue weighted by molar-refractivity contribution is -0.117. The number of anilines is 2. The molecule has 0 aliphatic carbocycles. The number of hydrogen-bond donors (Lipinski definition) is 1. The maximum atomic E-state index is 12.6. The Morgan fingerprint density at radius 2 is 1.85 bits per heavy atom. The molecule has 1 aliphatic heterocycles. The minimum absolute atomic E-state index is 0.207. The van der Waals surface area contributed by atoms with E-state index < -0.39 is 0 Å². The lowest BCUT2D eigenvalue weighted by Gasteiger charge is -2.28. The molecule has 2 aromatic rings. The largest absolute Gasteiger partial charge is 0.399 e. The molecule has 3 rings (SSSR count). The van der Waals surface area contributed by atoms with Gasteiger partial charge in [0.15, 0.2) is 0 Å². The summed E-state index contributed by atoms with van der Waals surface area (Å²) >= 11 is 0. The van der Waals surface area contributed by atoms with Gasteiger partial charge in [-0.25, -0.2) is 4.90 Å². The Morgan fingerprint density at radius 1 is 1.10 bits per heavy atom. The first-order valence-electron chi connectivity index (χ1n) is 6.39. The number of nitrogens with zero attached hydrogens (tertiary/aromatic N) is 1. The van der Waals surface area contributed by atoms with Crippen LogP contribution in [0.25, 0.3) is 0 Å². The van der Waals surface area contributed by atoms with Crippen LogP contribution < -0.4 is 10.6 Å². The van der Waals surface area contributed by atoms with Crippen LogP contribution in [0.4, 0.5) is 11.4 Å². The lowest BCUT2D eigenvalue weighted by atomic mass is 9.96. The van der Waals surface area contributed by atoms with Crippen LogP contribution in [-0.4, -0.2) is 11.8 Å². The molecule has 20 heavy (non-hydrogen) atoms. The van der Waals surface area contributed by atoms with Crippen molar-refractivity contribution in [2.75, 3.05) is 10.6 Å². The first-order valence-corrected chi connectivity index (χ1v) is 6.39. The Kier molecular flexibility index (Phi) is 2.79. The second-order valence-corrected chi connectivity index (χ2v) is 4.91. The van der Waals surface area contributed by atoms with Crippen molar-refractivity contribution in [3.8, 4) is 0 Å². The zero-order valence-corrected chi connectivity index (χ0v) is 11.1. The van der Waals surface area contributed by atoms with Gasteiger partial charge in [-0.15, -0.1) is 0 Å². The van der Waals surface area contributed by atoms with Crippen LogP contribution in [0.3, 0.4) is 0 Å². The van der Waals surface area contributed by atoms with Gasteiger partial charge in [0.25, 0.3) is 5.91 Å². The molecular weight excluding hydrogens is 252 g/mol. The number of aryl methyl sites for hydroxylation is 1. The molecule has 2 N–H and O–H groups in total. The van der Waals surface area contributed by atoms with E-state index >= 15 is 0 Å². The van der Waals surface area contributed by atoms with Crippen LogP contribution in [0.2, 0.25) is 0 Å². The summed E-state index contributed by atoms with van der Waals surface area (Å²) in [7, 11) is 0. The summed E-state index contributed by atoms with van der Waals surface area (Å²) in [6.45, 7) is 1.88. The molecule has 2 aromatic carbocycles. The Morgan fingerprint density at radius 3 is 2.60 bits per heavy atom. The molecule has 0 saturated carbocycles. The molecule has 0 spiro atoms. The van der Waals surface area contributed by atoms with E-state index in [1.807, 2.05) is 25.1 Å². The number of carbonyl (C=O) groups excluding carboxylic acids is 2. The number of nitrogen functional groups attached to an aromatic ring is 1. The maximum absolute atomic E-state index is 12.6. The number of fused-ring (bicyclic) bond motifs is 1. The van der Waals surface area contributed by atoms with Crippen LogP contribution in [0.1, 0.15) is 21.5 Å². The summed E-state index contributed by atoms with van der Waals surface area (Å²) in [5, 5.41) is 0. The second-order valence-electron chi connectivity index (χ2n) is 4.91. The standard InChI is InChI=1S/C16H14N2O2/c1-10-4-2-3-5-14(10)18-15(19)8-11-6-7-12(17)9-13(11)16(18)20/h2-7,9H,8,17H2,1H3. The molecule has 4 nitrogen and oxygen atoms in total. The van der Waals surface area contributed by atoms with Crippen LogP contribution in [0.15, 0.2) is 42.5 Å². The van der Waals surface area contributed by atoms with Gasteiger partial charge in [-0.1, -0.05) is 24.3 Å². The number of amides is 2. The quantitative estimate of drug-likeness (QED) is 0.636. The number of hydrogen-bond acceptors (Lipinski definition) is 3. The molecule has 4 heteroatoms. The summed E-state index contributed by atoms with van der Waals surface area (Å²) in [5.41, 5.74) is 9.03. The fourth-order valence-electron chi connectivity index (χ4n) is 2.48. The average Bonchev–Trinajstić information content (AvgIpc) is 2.42. The zero-order chi connectivity index (χ0) is 14.3. The number of para-hydroxylation sites is 1. The average molecular weight is 266 g/mol. The fraction of sp³-hybridized carbons (Fsp3) is 0.125. The van der Waals surface area contributed by atoms with Crippen molar-refractivity contribution in [2.24, 2.45) is 0 Å². The predicted octanol–water partition coefficient (Wildman–Crippen LogP) is 2.31. The minimum atomic E-state index is -0.308. The maximum Gasteiger partial charge on any atom is 0.265 e. The van der Waals surface area contributed by atoms with Gasteiger partial charge in [0.1, 0.15) is 0 Å². The van der Waals surface area contributed by atoms with Crippen LogP contribution in [0.5, 0.6) is 0 Å². The first kappa shape index (κ1) is 12.4. The molecule has 1 aliphatic rings. The van der Waals surface area contributed by atoms with Gasteiger partial charge < -0.3 is 5.73 Å². The minimum Gasteiger partial charge on any atom is -0.399 e. The summed E-state index contributed by atoms with van der Waals surface area (Å²) in [5.74, 6) is -0.514. The van der Waals surface area contributed by atoms with E-state index in [1.54, 1.807) is 24.3 Å². The molecule has 0 unspecified atom stereocenters. The third-order valence-electron chi connectivity index (χ3n) is 3.51. The van der Waals surface area contributed by atoms with Gasteiger partial charge in [-0.3, -0.25) is 9.59 Å². The smallest absolute Gasteiger partial charge is 0.265 e. The van der Waals surface area contributed by atoms with Crippen molar-refractivity contribution in [2.45, 2.75) is 13.3 Å². The Balaban J connectivity index is 2.13. The Bertz CT molecular complexity index is 722. The lowest BCUT2D eigenvalue weighted by Crippen LogP contribution is -2.42. The second kappa shape index (κ2) is 4.49. The van der Waals surface area contributed by atoms with E-state index in [0.717, 1.165) is 11.1 Å². The number of rotatable bonds is 1. The van der Waals surface area contributed by atoms with Crippen molar-refractivity contribution in [3.63, 3.8) is 0 Å². The van der Waals surface area contributed by atoms with Crippen molar-refractivity contribution < 1.29 is 9.59 Å². The van der Waals surface area contributed by atoms with Gasteiger partial charge in [-0.05, 0) is 36.2 Å². The SMILES string of the molecule is Cc1ccccc1N1C(=O)Cc2ccc(N)cc2C1=O. The third kappa shape index (κ3) is 1.86. The number of carbonyl (C=O) groups is 2.